The van der Waals surface area contributed by atoms with Crippen molar-refractivity contribution >= 4 is 33.2 Å². The predicted molar refractivity (Wildman–Crippen MR) is 112 cm³/mol. The molecule has 3 rings (SSSR count). The standard InChI is InChI=1S/C21H25ClN2O3S/c1-15-6-5-7-16(2)21(15)23-20(25)14-18-8-3-4-13-24(18)28(26,27)19-11-9-17(22)10-12-19/h5-7,9-12,18H,3-4,8,13-14H2,1-2H3,(H,23,25)/t18-/m0/s1. The lowest BCUT2D eigenvalue weighted by Crippen LogP contribution is -2.45. The number of hydrogen-bond acceptors (Lipinski definition) is 3. The first kappa shape index (κ1) is 20.8. The van der Waals surface area contributed by atoms with Gasteiger partial charge in [-0.15, -0.1) is 0 Å². The van der Waals surface area contributed by atoms with Gasteiger partial charge in [0.15, 0.2) is 0 Å². The number of sulfonamides is 1. The molecule has 1 atom stereocenters. The van der Waals surface area contributed by atoms with Crippen LogP contribution in [0.25, 0.3) is 0 Å². The summed E-state index contributed by atoms with van der Waals surface area (Å²) in [5.41, 5.74) is 2.78. The first-order valence-corrected chi connectivity index (χ1v) is 11.2. The van der Waals surface area contributed by atoms with Crippen LogP contribution in [0.4, 0.5) is 5.69 Å². The molecular formula is C21H25ClN2O3S. The van der Waals surface area contributed by atoms with Crippen LogP contribution in [0.1, 0.15) is 36.8 Å². The summed E-state index contributed by atoms with van der Waals surface area (Å²) >= 11 is 5.89. The van der Waals surface area contributed by atoms with Gasteiger partial charge in [0, 0.05) is 29.7 Å². The minimum Gasteiger partial charge on any atom is -0.326 e. The number of piperidine rings is 1. The van der Waals surface area contributed by atoms with Crippen molar-refractivity contribution in [2.24, 2.45) is 0 Å². The number of carbonyl (C=O) groups is 1. The lowest BCUT2D eigenvalue weighted by atomic mass is 10.0. The van der Waals surface area contributed by atoms with E-state index in [9.17, 15) is 13.2 Å². The number of benzene rings is 2. The third-order valence-corrected chi connectivity index (χ3v) is 7.38. The molecule has 1 saturated heterocycles. The first-order valence-electron chi connectivity index (χ1n) is 9.42. The molecule has 0 aliphatic carbocycles. The van der Waals surface area contributed by atoms with E-state index in [1.807, 2.05) is 32.0 Å². The molecule has 28 heavy (non-hydrogen) atoms. The zero-order valence-corrected chi connectivity index (χ0v) is 17.7. The third-order valence-electron chi connectivity index (χ3n) is 5.16. The molecule has 0 spiro atoms. The zero-order valence-electron chi connectivity index (χ0n) is 16.1. The number of halogens is 1. The number of aryl methyl sites for hydroxylation is 2. The van der Waals surface area contributed by atoms with Crippen molar-refractivity contribution in [1.82, 2.24) is 4.31 Å². The maximum Gasteiger partial charge on any atom is 0.243 e. The fourth-order valence-corrected chi connectivity index (χ4v) is 5.47. The normalized spacial score (nSPS) is 18.0. The molecule has 1 aliphatic rings. The molecule has 1 fully saturated rings. The lowest BCUT2D eigenvalue weighted by molar-refractivity contribution is -0.117. The molecule has 0 bridgehead atoms. The summed E-state index contributed by atoms with van der Waals surface area (Å²) in [7, 11) is -3.67. The summed E-state index contributed by atoms with van der Waals surface area (Å²) in [6.45, 7) is 4.31. The average Bonchev–Trinajstić information content (AvgIpc) is 2.65. The molecule has 1 heterocycles. The Balaban J connectivity index is 1.78. The molecule has 0 radical (unpaired) electrons. The number of anilines is 1. The summed E-state index contributed by atoms with van der Waals surface area (Å²) < 4.78 is 27.7. The Kier molecular flexibility index (Phi) is 6.43. The Morgan fingerprint density at radius 1 is 1.11 bits per heavy atom. The molecule has 150 valence electrons. The Hall–Kier alpha value is -1.89. The second kappa shape index (κ2) is 8.64. The molecule has 2 aromatic carbocycles. The Bertz CT molecular complexity index is 938. The van der Waals surface area contributed by atoms with Gasteiger partial charge in [-0.05, 0) is 62.1 Å². The highest BCUT2D eigenvalue weighted by atomic mass is 35.5. The number of nitrogens with one attached hydrogen (secondary N) is 1. The number of nitrogens with zero attached hydrogens (tertiary/aromatic N) is 1. The SMILES string of the molecule is Cc1cccc(C)c1NC(=O)C[C@@H]1CCCCN1S(=O)(=O)c1ccc(Cl)cc1. The summed E-state index contributed by atoms with van der Waals surface area (Å²) in [4.78, 5) is 12.9. The number of carbonyl (C=O) groups excluding carboxylic acids is 1. The molecule has 7 heteroatoms. The summed E-state index contributed by atoms with van der Waals surface area (Å²) in [5, 5.41) is 3.46. The van der Waals surface area contributed by atoms with E-state index >= 15 is 0 Å². The van der Waals surface area contributed by atoms with E-state index in [4.69, 9.17) is 11.6 Å². The predicted octanol–water partition coefficient (Wildman–Crippen LogP) is 4.53. The van der Waals surface area contributed by atoms with E-state index in [1.165, 1.54) is 16.4 Å². The van der Waals surface area contributed by atoms with Crippen LogP contribution in [-0.2, 0) is 14.8 Å². The minimum absolute atomic E-state index is 0.139. The Morgan fingerprint density at radius 2 is 1.75 bits per heavy atom. The van der Waals surface area contributed by atoms with Crippen molar-refractivity contribution in [3.63, 3.8) is 0 Å². The molecule has 2 aromatic rings. The van der Waals surface area contributed by atoms with Gasteiger partial charge in [-0.3, -0.25) is 4.79 Å². The van der Waals surface area contributed by atoms with Gasteiger partial charge in [-0.2, -0.15) is 4.31 Å². The van der Waals surface area contributed by atoms with Crippen molar-refractivity contribution in [2.45, 2.75) is 50.5 Å². The van der Waals surface area contributed by atoms with Gasteiger partial charge in [0.25, 0.3) is 0 Å². The van der Waals surface area contributed by atoms with Crippen LogP contribution in [0.15, 0.2) is 47.4 Å². The smallest absolute Gasteiger partial charge is 0.243 e. The molecule has 5 nitrogen and oxygen atoms in total. The number of para-hydroxylation sites is 1. The van der Waals surface area contributed by atoms with Crippen LogP contribution in [0, 0.1) is 13.8 Å². The molecule has 0 unspecified atom stereocenters. The van der Waals surface area contributed by atoms with Gasteiger partial charge < -0.3 is 5.32 Å². The Labute approximate surface area is 171 Å². The molecule has 1 aliphatic heterocycles. The van der Waals surface area contributed by atoms with Gasteiger partial charge in [0.2, 0.25) is 15.9 Å². The van der Waals surface area contributed by atoms with E-state index < -0.39 is 10.0 Å². The van der Waals surface area contributed by atoms with Crippen molar-refractivity contribution in [3.8, 4) is 0 Å². The van der Waals surface area contributed by atoms with Gasteiger partial charge in [-0.1, -0.05) is 36.2 Å². The van der Waals surface area contributed by atoms with Crippen molar-refractivity contribution in [3.05, 3.63) is 58.6 Å². The summed E-state index contributed by atoms with van der Waals surface area (Å²) in [6.07, 6.45) is 2.52. The maximum atomic E-state index is 13.1. The van der Waals surface area contributed by atoms with E-state index in [0.29, 0.717) is 18.0 Å². The second-order valence-electron chi connectivity index (χ2n) is 7.24. The third kappa shape index (κ3) is 4.57. The quantitative estimate of drug-likeness (QED) is 0.772. The van der Waals surface area contributed by atoms with Crippen LogP contribution in [0.5, 0.6) is 0 Å². The van der Waals surface area contributed by atoms with Gasteiger partial charge in [-0.25, -0.2) is 8.42 Å². The molecule has 0 aromatic heterocycles. The first-order chi connectivity index (χ1) is 13.3. The Morgan fingerprint density at radius 3 is 2.39 bits per heavy atom. The van der Waals surface area contributed by atoms with Crippen LogP contribution in [0.3, 0.4) is 0 Å². The second-order valence-corrected chi connectivity index (χ2v) is 9.57. The average molecular weight is 421 g/mol. The van der Waals surface area contributed by atoms with Crippen LogP contribution in [-0.4, -0.2) is 31.2 Å². The molecule has 1 N–H and O–H groups in total. The fourth-order valence-electron chi connectivity index (χ4n) is 3.65. The van der Waals surface area contributed by atoms with Gasteiger partial charge in [0.1, 0.15) is 0 Å². The minimum atomic E-state index is -3.67. The van der Waals surface area contributed by atoms with Crippen molar-refractivity contribution in [2.75, 3.05) is 11.9 Å². The number of amides is 1. The zero-order chi connectivity index (χ0) is 20.3. The topological polar surface area (TPSA) is 66.5 Å². The lowest BCUT2D eigenvalue weighted by Gasteiger charge is -2.34. The van der Waals surface area contributed by atoms with E-state index in [0.717, 1.165) is 29.7 Å². The van der Waals surface area contributed by atoms with E-state index in [-0.39, 0.29) is 23.3 Å². The molecule has 1 amide bonds. The van der Waals surface area contributed by atoms with Gasteiger partial charge in [0.05, 0.1) is 4.90 Å². The van der Waals surface area contributed by atoms with Gasteiger partial charge >= 0.3 is 0 Å². The summed E-state index contributed by atoms with van der Waals surface area (Å²) in [6, 6.07) is 11.7. The van der Waals surface area contributed by atoms with Crippen molar-refractivity contribution in [1.29, 1.82) is 0 Å². The van der Waals surface area contributed by atoms with E-state index in [2.05, 4.69) is 5.32 Å². The van der Waals surface area contributed by atoms with E-state index in [1.54, 1.807) is 12.1 Å². The van der Waals surface area contributed by atoms with Crippen molar-refractivity contribution < 1.29 is 13.2 Å². The highest BCUT2D eigenvalue weighted by Crippen LogP contribution is 2.28. The fraction of sp³-hybridized carbons (Fsp3) is 0.381. The maximum absolute atomic E-state index is 13.1. The summed E-state index contributed by atoms with van der Waals surface area (Å²) in [5.74, 6) is -0.166. The highest BCUT2D eigenvalue weighted by Gasteiger charge is 2.34. The highest BCUT2D eigenvalue weighted by molar-refractivity contribution is 7.89. The molecular weight excluding hydrogens is 396 g/mol. The van der Waals surface area contributed by atoms with Crippen LogP contribution >= 0.6 is 11.6 Å². The number of hydrogen-bond donors (Lipinski definition) is 1. The monoisotopic (exact) mass is 420 g/mol. The van der Waals surface area contributed by atoms with Crippen LogP contribution in [0.2, 0.25) is 5.02 Å². The largest absolute Gasteiger partial charge is 0.326 e. The van der Waals surface area contributed by atoms with Crippen LogP contribution < -0.4 is 5.32 Å². The number of rotatable bonds is 5. The molecule has 0 saturated carbocycles.